The molecule has 0 aliphatic rings. The zero-order valence-corrected chi connectivity index (χ0v) is 19.3. The Morgan fingerprint density at radius 2 is 1.93 bits per heavy atom. The summed E-state index contributed by atoms with van der Waals surface area (Å²) in [6.07, 6.45) is 0. The fraction of sp³-hybridized carbons (Fsp3) is 0.333. The topological polar surface area (TPSA) is 45.7 Å². The lowest BCUT2D eigenvalue weighted by molar-refractivity contribution is -0.120. The summed E-state index contributed by atoms with van der Waals surface area (Å²) in [4.78, 5) is 21.4. The van der Waals surface area contributed by atoms with E-state index in [-0.39, 0.29) is 24.9 Å². The maximum atomic E-state index is 13.0. The second kappa shape index (κ2) is 10.3. The number of nitrogens with zero attached hydrogens (tertiary/aromatic N) is 3. The third-order valence-electron chi connectivity index (χ3n) is 4.29. The Morgan fingerprint density at radius 3 is 2.62 bits per heavy atom. The smallest absolute Gasteiger partial charge is 0.266 e. The summed E-state index contributed by atoms with van der Waals surface area (Å²) < 4.78 is 6.70. The molecule has 1 heterocycles. The highest BCUT2D eigenvalue weighted by molar-refractivity contribution is 7.22. The van der Waals surface area contributed by atoms with Gasteiger partial charge in [-0.1, -0.05) is 35.1 Å². The number of rotatable bonds is 7. The van der Waals surface area contributed by atoms with Crippen molar-refractivity contribution in [2.45, 2.75) is 13.8 Å². The number of hydrogen-bond acceptors (Lipinski definition) is 5. The molecule has 1 amide bonds. The number of carbonyl (C=O) groups is 1. The molecule has 0 bridgehead atoms. The van der Waals surface area contributed by atoms with Gasteiger partial charge in [-0.3, -0.25) is 9.69 Å². The summed E-state index contributed by atoms with van der Waals surface area (Å²) in [5.74, 6) is 0.569. The van der Waals surface area contributed by atoms with Gasteiger partial charge in [0.2, 0.25) is 0 Å². The van der Waals surface area contributed by atoms with Crippen molar-refractivity contribution < 1.29 is 9.53 Å². The number of likely N-dealkylation sites (N-methyl/N-ethyl adjacent to an activating group) is 1. The van der Waals surface area contributed by atoms with E-state index in [2.05, 4.69) is 0 Å². The molecule has 0 saturated carbocycles. The van der Waals surface area contributed by atoms with Gasteiger partial charge in [0.05, 0.1) is 10.2 Å². The first-order valence-electron chi connectivity index (χ1n) is 9.05. The van der Waals surface area contributed by atoms with Crippen molar-refractivity contribution in [1.82, 2.24) is 9.88 Å². The number of anilines is 1. The first-order valence-corrected chi connectivity index (χ1v) is 10.2. The van der Waals surface area contributed by atoms with Gasteiger partial charge >= 0.3 is 0 Å². The number of fused-ring (bicyclic) bond motifs is 1. The Kier molecular flexibility index (Phi) is 8.28. The minimum absolute atomic E-state index is 0. The fourth-order valence-corrected chi connectivity index (χ4v) is 4.28. The van der Waals surface area contributed by atoms with Gasteiger partial charge in [-0.05, 0) is 63.3 Å². The Hall–Kier alpha value is -1.86. The number of aryl methyl sites for hydroxylation is 2. The van der Waals surface area contributed by atoms with E-state index in [1.54, 1.807) is 4.90 Å². The molecule has 1 aromatic heterocycles. The van der Waals surface area contributed by atoms with Gasteiger partial charge in [0, 0.05) is 18.1 Å². The van der Waals surface area contributed by atoms with E-state index in [4.69, 9.17) is 21.3 Å². The van der Waals surface area contributed by atoms with Crippen LogP contribution in [0.2, 0.25) is 5.02 Å². The van der Waals surface area contributed by atoms with Gasteiger partial charge in [-0.2, -0.15) is 0 Å². The minimum Gasteiger partial charge on any atom is -0.484 e. The molecule has 5 nitrogen and oxygen atoms in total. The molecule has 0 aliphatic heterocycles. The van der Waals surface area contributed by atoms with Gasteiger partial charge in [0.15, 0.2) is 11.7 Å². The van der Waals surface area contributed by atoms with E-state index < -0.39 is 0 Å². The van der Waals surface area contributed by atoms with Gasteiger partial charge < -0.3 is 9.64 Å². The first kappa shape index (κ1) is 23.4. The highest BCUT2D eigenvalue weighted by Gasteiger charge is 2.21. The van der Waals surface area contributed by atoms with E-state index in [1.807, 2.05) is 69.2 Å². The monoisotopic (exact) mass is 453 g/mol. The lowest BCUT2D eigenvalue weighted by Crippen LogP contribution is -2.39. The van der Waals surface area contributed by atoms with Gasteiger partial charge in [0.1, 0.15) is 5.75 Å². The summed E-state index contributed by atoms with van der Waals surface area (Å²) in [5.41, 5.74) is 2.97. The number of thiazole rings is 1. The lowest BCUT2D eigenvalue weighted by Gasteiger charge is -2.22. The summed E-state index contributed by atoms with van der Waals surface area (Å²) >= 11 is 7.65. The van der Waals surface area contributed by atoms with Crippen molar-refractivity contribution in [2.75, 3.05) is 38.7 Å². The second-order valence-corrected chi connectivity index (χ2v) is 8.47. The average molecular weight is 454 g/mol. The van der Waals surface area contributed by atoms with Crippen LogP contribution in [0, 0.1) is 13.8 Å². The molecule has 0 aliphatic carbocycles. The van der Waals surface area contributed by atoms with Crippen LogP contribution in [-0.2, 0) is 4.79 Å². The Balaban J connectivity index is 0.00000300. The molecular weight excluding hydrogens is 429 g/mol. The Bertz CT molecular complexity index is 991. The summed E-state index contributed by atoms with van der Waals surface area (Å²) in [6.45, 7) is 5.20. The van der Waals surface area contributed by atoms with Crippen LogP contribution in [0.3, 0.4) is 0 Å². The van der Waals surface area contributed by atoms with Crippen molar-refractivity contribution in [2.24, 2.45) is 0 Å². The third-order valence-corrected chi connectivity index (χ3v) is 5.54. The highest BCUT2D eigenvalue weighted by atomic mass is 35.5. The standard InChI is InChI=1S/C21H24ClN3O2S.ClH/c1-14-6-5-7-17(10-14)27-13-19(26)25(9-8-24(3)4)21-23-20-15(2)11-16(22)12-18(20)28-21;/h5-7,10-12H,8-9,13H2,1-4H3;1H. The SMILES string of the molecule is Cc1cccc(OCC(=O)N(CCN(C)C)c2nc3c(C)cc(Cl)cc3s2)c1.Cl. The largest absolute Gasteiger partial charge is 0.484 e. The first-order chi connectivity index (χ1) is 13.3. The van der Waals surface area contributed by atoms with Crippen molar-refractivity contribution in [3.05, 3.63) is 52.5 Å². The van der Waals surface area contributed by atoms with Crippen molar-refractivity contribution in [3.63, 3.8) is 0 Å². The third kappa shape index (κ3) is 6.06. The van der Waals surface area contributed by atoms with Gasteiger partial charge in [-0.15, -0.1) is 12.4 Å². The normalized spacial score (nSPS) is 10.8. The second-order valence-electron chi connectivity index (χ2n) is 7.02. The van der Waals surface area contributed by atoms with E-state index in [0.717, 1.165) is 27.9 Å². The summed E-state index contributed by atoms with van der Waals surface area (Å²) in [5, 5.41) is 1.34. The number of aromatic nitrogens is 1. The van der Waals surface area contributed by atoms with Gasteiger partial charge in [-0.25, -0.2) is 4.98 Å². The van der Waals surface area contributed by atoms with Crippen LogP contribution in [0.5, 0.6) is 5.75 Å². The van der Waals surface area contributed by atoms with Crippen LogP contribution in [0.1, 0.15) is 11.1 Å². The predicted molar refractivity (Wildman–Crippen MR) is 124 cm³/mol. The van der Waals surface area contributed by atoms with Crippen molar-refractivity contribution in [3.8, 4) is 5.75 Å². The quantitative estimate of drug-likeness (QED) is 0.506. The van der Waals surface area contributed by atoms with E-state index >= 15 is 0 Å². The molecule has 0 radical (unpaired) electrons. The molecule has 0 unspecified atom stereocenters. The Morgan fingerprint density at radius 1 is 1.17 bits per heavy atom. The number of amides is 1. The molecular formula is C21H25Cl2N3O2S. The van der Waals surface area contributed by atoms with E-state index in [1.165, 1.54) is 11.3 Å². The molecule has 29 heavy (non-hydrogen) atoms. The summed E-state index contributed by atoms with van der Waals surface area (Å²) in [6, 6.07) is 11.5. The van der Waals surface area contributed by atoms with E-state index in [0.29, 0.717) is 22.4 Å². The van der Waals surface area contributed by atoms with Crippen molar-refractivity contribution >= 4 is 56.6 Å². The van der Waals surface area contributed by atoms with Crippen LogP contribution < -0.4 is 9.64 Å². The highest BCUT2D eigenvalue weighted by Crippen LogP contribution is 2.33. The van der Waals surface area contributed by atoms with Crippen LogP contribution in [0.15, 0.2) is 36.4 Å². The van der Waals surface area contributed by atoms with Crippen LogP contribution in [-0.4, -0.2) is 49.6 Å². The number of carbonyl (C=O) groups excluding carboxylic acids is 1. The van der Waals surface area contributed by atoms with Crippen LogP contribution in [0.4, 0.5) is 5.13 Å². The average Bonchev–Trinajstić information content (AvgIpc) is 3.04. The molecule has 8 heteroatoms. The number of halogens is 2. The molecule has 0 atom stereocenters. The number of hydrogen-bond donors (Lipinski definition) is 0. The summed E-state index contributed by atoms with van der Waals surface area (Å²) in [7, 11) is 3.96. The van der Waals surface area contributed by atoms with Gasteiger partial charge in [0.25, 0.3) is 5.91 Å². The Labute approximate surface area is 186 Å². The number of benzene rings is 2. The lowest BCUT2D eigenvalue weighted by atomic mass is 10.2. The van der Waals surface area contributed by atoms with E-state index in [9.17, 15) is 4.79 Å². The maximum absolute atomic E-state index is 13.0. The van der Waals surface area contributed by atoms with Crippen LogP contribution in [0.25, 0.3) is 10.2 Å². The molecule has 0 N–H and O–H groups in total. The molecule has 156 valence electrons. The molecule has 2 aromatic carbocycles. The maximum Gasteiger partial charge on any atom is 0.266 e. The molecule has 0 fully saturated rings. The fourth-order valence-electron chi connectivity index (χ4n) is 2.81. The number of ether oxygens (including phenoxy) is 1. The molecule has 0 saturated heterocycles. The minimum atomic E-state index is -0.119. The zero-order chi connectivity index (χ0) is 20.3. The predicted octanol–water partition coefficient (Wildman–Crippen LogP) is 4.96. The van der Waals surface area contributed by atoms with Crippen LogP contribution >= 0.6 is 35.3 Å². The molecule has 3 rings (SSSR count). The molecule has 3 aromatic rings. The molecule has 0 spiro atoms. The van der Waals surface area contributed by atoms with Crippen molar-refractivity contribution in [1.29, 1.82) is 0 Å². The zero-order valence-electron chi connectivity index (χ0n) is 16.9.